The average molecular weight is 242 g/mol. The molecule has 2 fully saturated rings. The van der Waals surface area contributed by atoms with Crippen molar-refractivity contribution in [2.24, 2.45) is 0 Å². The number of carbonyl (C=O) groups excluding carboxylic acids is 1. The molecule has 5 nitrogen and oxygen atoms in total. The smallest absolute Gasteiger partial charge is 0.220 e. The fourth-order valence-electron chi connectivity index (χ4n) is 2.40. The van der Waals surface area contributed by atoms with Gasteiger partial charge >= 0.3 is 0 Å². The number of nitrogens with one attached hydrogen (secondary N) is 2. The highest BCUT2D eigenvalue weighted by Crippen LogP contribution is 2.17. The summed E-state index contributed by atoms with van der Waals surface area (Å²) in [6.45, 7) is 2.57. The van der Waals surface area contributed by atoms with Crippen LogP contribution in [0.2, 0.25) is 0 Å². The van der Waals surface area contributed by atoms with E-state index in [1.54, 1.807) is 0 Å². The quantitative estimate of drug-likeness (QED) is 0.624. The normalized spacial score (nSPS) is 32.9. The van der Waals surface area contributed by atoms with Crippen molar-refractivity contribution in [3.8, 4) is 0 Å². The van der Waals surface area contributed by atoms with Crippen molar-refractivity contribution in [3.63, 3.8) is 0 Å². The lowest BCUT2D eigenvalue weighted by Crippen LogP contribution is -2.44. The summed E-state index contributed by atoms with van der Waals surface area (Å²) in [5.41, 5.74) is -0.750. The summed E-state index contributed by atoms with van der Waals surface area (Å²) in [5.74, 6) is 0.0147. The number of ether oxygens (including phenoxy) is 1. The van der Waals surface area contributed by atoms with E-state index in [9.17, 15) is 9.90 Å². The molecule has 17 heavy (non-hydrogen) atoms. The van der Waals surface area contributed by atoms with E-state index < -0.39 is 5.60 Å². The minimum absolute atomic E-state index is 0.0147. The lowest BCUT2D eigenvalue weighted by molar-refractivity contribution is -0.122. The summed E-state index contributed by atoms with van der Waals surface area (Å²) in [6, 6.07) is 0. The second-order valence-corrected chi connectivity index (χ2v) is 5.10. The van der Waals surface area contributed by atoms with E-state index in [-0.39, 0.29) is 12.0 Å². The monoisotopic (exact) mass is 242 g/mol. The Balaban J connectivity index is 1.60. The van der Waals surface area contributed by atoms with E-state index in [0.717, 1.165) is 32.4 Å². The molecule has 3 N–H and O–H groups in total. The number of hydrogen-bond donors (Lipinski definition) is 3. The standard InChI is InChI=1S/C12H22N2O3/c15-11(4-3-10-2-1-7-17-10)14-9-12(16)5-6-13-8-12/h10,13,16H,1-9H2,(H,14,15). The van der Waals surface area contributed by atoms with Gasteiger partial charge in [0.15, 0.2) is 0 Å². The molecule has 98 valence electrons. The lowest BCUT2D eigenvalue weighted by Gasteiger charge is -2.21. The first-order valence-electron chi connectivity index (χ1n) is 6.49. The second kappa shape index (κ2) is 5.80. The molecule has 0 saturated carbocycles. The number of carbonyl (C=O) groups is 1. The van der Waals surface area contributed by atoms with E-state index in [0.29, 0.717) is 25.9 Å². The fourth-order valence-corrected chi connectivity index (χ4v) is 2.40. The third-order valence-electron chi connectivity index (χ3n) is 3.55. The van der Waals surface area contributed by atoms with Crippen LogP contribution >= 0.6 is 0 Å². The maximum atomic E-state index is 11.6. The molecular weight excluding hydrogens is 220 g/mol. The molecule has 2 unspecified atom stereocenters. The Morgan fingerprint density at radius 1 is 1.59 bits per heavy atom. The first-order valence-corrected chi connectivity index (χ1v) is 6.49. The molecular formula is C12H22N2O3. The van der Waals surface area contributed by atoms with Crippen molar-refractivity contribution in [2.45, 2.75) is 43.8 Å². The zero-order chi connectivity index (χ0) is 12.1. The van der Waals surface area contributed by atoms with Gasteiger partial charge in [0.2, 0.25) is 5.91 Å². The highest BCUT2D eigenvalue weighted by molar-refractivity contribution is 5.75. The molecule has 2 aliphatic rings. The summed E-state index contributed by atoms with van der Waals surface area (Å²) in [4.78, 5) is 11.6. The van der Waals surface area contributed by atoms with E-state index in [2.05, 4.69) is 10.6 Å². The minimum atomic E-state index is -0.750. The Morgan fingerprint density at radius 2 is 2.47 bits per heavy atom. The van der Waals surface area contributed by atoms with Gasteiger partial charge in [-0.25, -0.2) is 0 Å². The molecule has 2 saturated heterocycles. The predicted octanol–water partition coefficient (Wildman–Crippen LogP) is -0.214. The minimum Gasteiger partial charge on any atom is -0.387 e. The van der Waals surface area contributed by atoms with Crippen LogP contribution in [-0.2, 0) is 9.53 Å². The third kappa shape index (κ3) is 3.94. The summed E-state index contributed by atoms with van der Waals surface area (Å²) in [6.07, 6.45) is 4.44. The van der Waals surface area contributed by atoms with Crippen LogP contribution in [0, 0.1) is 0 Å². The van der Waals surface area contributed by atoms with Crippen molar-refractivity contribution < 1.29 is 14.6 Å². The van der Waals surface area contributed by atoms with Crippen LogP contribution in [0.3, 0.4) is 0 Å². The molecule has 0 radical (unpaired) electrons. The van der Waals surface area contributed by atoms with Crippen LogP contribution in [0.4, 0.5) is 0 Å². The van der Waals surface area contributed by atoms with Crippen LogP contribution < -0.4 is 10.6 Å². The number of hydrogen-bond acceptors (Lipinski definition) is 4. The van der Waals surface area contributed by atoms with Gasteiger partial charge in [0.1, 0.15) is 0 Å². The number of aliphatic hydroxyl groups is 1. The maximum absolute atomic E-state index is 11.6. The van der Waals surface area contributed by atoms with E-state index in [4.69, 9.17) is 4.74 Å². The Hall–Kier alpha value is -0.650. The molecule has 2 rings (SSSR count). The predicted molar refractivity (Wildman–Crippen MR) is 63.7 cm³/mol. The van der Waals surface area contributed by atoms with Gasteiger partial charge < -0.3 is 20.5 Å². The Bertz CT molecular complexity index is 258. The van der Waals surface area contributed by atoms with Crippen molar-refractivity contribution in [1.82, 2.24) is 10.6 Å². The molecule has 0 aromatic carbocycles. The van der Waals surface area contributed by atoms with Gasteiger partial charge in [-0.05, 0) is 32.2 Å². The fraction of sp³-hybridized carbons (Fsp3) is 0.917. The van der Waals surface area contributed by atoms with Gasteiger partial charge in [0.05, 0.1) is 11.7 Å². The number of amides is 1. The van der Waals surface area contributed by atoms with Crippen molar-refractivity contribution >= 4 is 5.91 Å². The van der Waals surface area contributed by atoms with Gasteiger partial charge in [0, 0.05) is 26.1 Å². The van der Waals surface area contributed by atoms with E-state index in [1.165, 1.54) is 0 Å². The Labute approximate surface area is 102 Å². The van der Waals surface area contributed by atoms with Gasteiger partial charge in [0.25, 0.3) is 0 Å². The van der Waals surface area contributed by atoms with E-state index in [1.807, 2.05) is 0 Å². The first kappa shape index (κ1) is 12.8. The highest BCUT2D eigenvalue weighted by atomic mass is 16.5. The number of β-amino-alcohol motifs (C(OH)–C–C–N with tert-alkyl or cyclic N) is 1. The largest absolute Gasteiger partial charge is 0.387 e. The average Bonchev–Trinajstić information content (AvgIpc) is 2.95. The number of rotatable bonds is 5. The van der Waals surface area contributed by atoms with Gasteiger partial charge in [-0.3, -0.25) is 4.79 Å². The molecule has 0 spiro atoms. The van der Waals surface area contributed by atoms with Crippen molar-refractivity contribution in [3.05, 3.63) is 0 Å². The SMILES string of the molecule is O=C(CCC1CCCO1)NCC1(O)CCNC1. The van der Waals surface area contributed by atoms with Crippen LogP contribution in [0.25, 0.3) is 0 Å². The highest BCUT2D eigenvalue weighted by Gasteiger charge is 2.31. The summed E-state index contributed by atoms with van der Waals surface area (Å²) in [7, 11) is 0. The molecule has 0 aromatic rings. The first-order chi connectivity index (χ1) is 8.18. The van der Waals surface area contributed by atoms with Crippen LogP contribution in [0.1, 0.15) is 32.1 Å². The van der Waals surface area contributed by atoms with Crippen LogP contribution in [0.5, 0.6) is 0 Å². The van der Waals surface area contributed by atoms with Crippen molar-refractivity contribution in [2.75, 3.05) is 26.2 Å². The Morgan fingerprint density at radius 3 is 3.12 bits per heavy atom. The topological polar surface area (TPSA) is 70.6 Å². The molecule has 1 amide bonds. The van der Waals surface area contributed by atoms with Crippen LogP contribution in [0.15, 0.2) is 0 Å². The molecule has 0 aliphatic carbocycles. The van der Waals surface area contributed by atoms with Crippen molar-refractivity contribution in [1.29, 1.82) is 0 Å². The molecule has 2 heterocycles. The molecule has 2 aliphatic heterocycles. The van der Waals surface area contributed by atoms with Gasteiger partial charge in [-0.15, -0.1) is 0 Å². The summed E-state index contributed by atoms with van der Waals surface area (Å²) in [5, 5.41) is 15.9. The maximum Gasteiger partial charge on any atom is 0.220 e. The summed E-state index contributed by atoms with van der Waals surface area (Å²) >= 11 is 0. The zero-order valence-electron chi connectivity index (χ0n) is 10.2. The molecule has 2 atom stereocenters. The molecule has 0 aromatic heterocycles. The zero-order valence-corrected chi connectivity index (χ0v) is 10.2. The molecule has 0 bridgehead atoms. The van der Waals surface area contributed by atoms with Gasteiger partial charge in [-0.2, -0.15) is 0 Å². The van der Waals surface area contributed by atoms with Gasteiger partial charge in [-0.1, -0.05) is 0 Å². The van der Waals surface area contributed by atoms with Crippen LogP contribution in [-0.4, -0.2) is 49.0 Å². The molecule has 5 heteroatoms. The third-order valence-corrected chi connectivity index (χ3v) is 3.55. The summed E-state index contributed by atoms with van der Waals surface area (Å²) < 4.78 is 5.46. The Kier molecular flexibility index (Phi) is 4.36. The second-order valence-electron chi connectivity index (χ2n) is 5.10. The lowest BCUT2D eigenvalue weighted by atomic mass is 10.0. The van der Waals surface area contributed by atoms with E-state index >= 15 is 0 Å².